The molecule has 2 aliphatic rings. The molecule has 7 heteroatoms. The van der Waals surface area contributed by atoms with Crippen molar-refractivity contribution in [2.24, 2.45) is 11.8 Å². The van der Waals surface area contributed by atoms with E-state index in [1.807, 2.05) is 30.3 Å². The minimum Gasteiger partial charge on any atom is -0.392 e. The van der Waals surface area contributed by atoms with Gasteiger partial charge in [-0.15, -0.1) is 0 Å². The zero-order chi connectivity index (χ0) is 23.4. The van der Waals surface area contributed by atoms with Crippen molar-refractivity contribution in [2.75, 3.05) is 6.61 Å². The second-order valence-corrected chi connectivity index (χ2v) is 10.0. The number of hydrogen-bond donors (Lipinski definition) is 4. The molecule has 2 aliphatic carbocycles. The van der Waals surface area contributed by atoms with Crippen LogP contribution in [0.1, 0.15) is 65.5 Å². The summed E-state index contributed by atoms with van der Waals surface area (Å²) in [5, 5.41) is 31.6. The van der Waals surface area contributed by atoms with Gasteiger partial charge < -0.3 is 24.5 Å². The van der Waals surface area contributed by atoms with Gasteiger partial charge in [0, 0.05) is 5.92 Å². The minimum absolute atomic E-state index is 0.0221. The average Bonchev–Trinajstić information content (AvgIpc) is 2.97. The summed E-state index contributed by atoms with van der Waals surface area (Å²) in [4.78, 5) is 17.9. The van der Waals surface area contributed by atoms with Crippen LogP contribution in [0.4, 0.5) is 0 Å². The van der Waals surface area contributed by atoms with Gasteiger partial charge in [0.2, 0.25) is 0 Å². The average molecular weight is 470 g/mol. The van der Waals surface area contributed by atoms with Gasteiger partial charge in [0.25, 0.3) is 0 Å². The molecule has 1 saturated carbocycles. The van der Waals surface area contributed by atoms with Gasteiger partial charge in [0.1, 0.15) is 0 Å². The first-order valence-corrected chi connectivity index (χ1v) is 12.9. The van der Waals surface area contributed by atoms with Crippen molar-refractivity contribution in [3.8, 4) is 6.07 Å². The van der Waals surface area contributed by atoms with E-state index in [-0.39, 0.29) is 24.4 Å². The summed E-state index contributed by atoms with van der Waals surface area (Å²) in [6, 6.07) is 16.6. The predicted octanol–water partition coefficient (Wildman–Crippen LogP) is 4.06. The maximum Gasteiger partial charge on any atom is 0.327 e. The van der Waals surface area contributed by atoms with Crippen LogP contribution in [0.2, 0.25) is 0 Å². The number of benzene rings is 2. The van der Waals surface area contributed by atoms with Crippen molar-refractivity contribution in [1.29, 1.82) is 5.26 Å². The molecule has 5 atom stereocenters. The van der Waals surface area contributed by atoms with Crippen molar-refractivity contribution < 1.29 is 24.5 Å². The van der Waals surface area contributed by atoms with E-state index >= 15 is 0 Å². The lowest BCUT2D eigenvalue weighted by Gasteiger charge is -2.28. The van der Waals surface area contributed by atoms with E-state index in [4.69, 9.17) is 14.3 Å². The molecule has 2 aromatic carbocycles. The normalized spacial score (nSPS) is 27.2. The number of rotatable bonds is 7. The van der Waals surface area contributed by atoms with E-state index in [0.29, 0.717) is 19.3 Å². The molecule has 2 aromatic rings. The Labute approximate surface area is 196 Å². The summed E-state index contributed by atoms with van der Waals surface area (Å²) >= 11 is 0. The van der Waals surface area contributed by atoms with Crippen molar-refractivity contribution >= 4 is 8.60 Å². The van der Waals surface area contributed by atoms with Crippen LogP contribution in [0, 0.1) is 23.2 Å². The quantitative estimate of drug-likeness (QED) is 0.359. The topological polar surface area (TPSA) is 114 Å². The minimum atomic E-state index is -2.35. The van der Waals surface area contributed by atoms with E-state index in [2.05, 4.69) is 18.2 Å². The zero-order valence-corrected chi connectivity index (χ0v) is 19.6. The number of nitrogens with zero attached hydrogens (tertiary/aromatic N) is 1. The Bertz CT molecular complexity index is 991. The molecule has 0 saturated heterocycles. The lowest BCUT2D eigenvalue weighted by atomic mass is 9.77. The highest BCUT2D eigenvalue weighted by Gasteiger charge is 2.44. The first-order chi connectivity index (χ1) is 16.0. The molecule has 4 rings (SSSR count). The predicted molar refractivity (Wildman–Crippen MR) is 126 cm³/mol. The summed E-state index contributed by atoms with van der Waals surface area (Å²) in [7, 11) is -2.35. The molecule has 6 nitrogen and oxygen atoms in total. The molecule has 0 aliphatic heterocycles. The van der Waals surface area contributed by atoms with Crippen molar-refractivity contribution in [2.45, 2.75) is 63.1 Å². The third kappa shape index (κ3) is 5.63. The first kappa shape index (κ1) is 24.3. The number of fused-ring (bicyclic) bond motifs is 1. The second kappa shape index (κ2) is 11.1. The summed E-state index contributed by atoms with van der Waals surface area (Å²) < 4.78 is 4.89. The highest BCUT2D eigenvalue weighted by molar-refractivity contribution is 7.39. The second-order valence-electron chi connectivity index (χ2n) is 9.26. The molecule has 3 unspecified atom stereocenters. The summed E-state index contributed by atoms with van der Waals surface area (Å²) in [6.45, 7) is 0.228. The fraction of sp³-hybridized carbons (Fsp3) is 0.500. The molecule has 0 radical (unpaired) electrons. The van der Waals surface area contributed by atoms with Crippen LogP contribution in [-0.4, -0.2) is 32.7 Å². The van der Waals surface area contributed by atoms with E-state index in [9.17, 15) is 15.5 Å². The van der Waals surface area contributed by atoms with Crippen molar-refractivity contribution in [3.63, 3.8) is 0 Å². The molecular weight excluding hydrogens is 437 g/mol. The molecule has 1 fully saturated rings. The van der Waals surface area contributed by atoms with Crippen LogP contribution < -0.4 is 0 Å². The van der Waals surface area contributed by atoms with Crippen LogP contribution in [-0.2, 0) is 23.8 Å². The van der Waals surface area contributed by atoms with Gasteiger partial charge in [0.15, 0.2) is 0 Å². The maximum atomic E-state index is 11.1. The maximum absolute atomic E-state index is 11.1. The highest BCUT2D eigenvalue weighted by atomic mass is 31.2. The van der Waals surface area contributed by atoms with Crippen LogP contribution in [0.15, 0.2) is 42.5 Å². The van der Waals surface area contributed by atoms with Crippen LogP contribution >= 0.6 is 8.60 Å². The Morgan fingerprint density at radius 2 is 1.79 bits per heavy atom. The molecule has 0 heterocycles. The third-order valence-electron chi connectivity index (χ3n) is 7.24. The van der Waals surface area contributed by atoms with E-state index in [1.165, 1.54) is 0 Å². The van der Waals surface area contributed by atoms with Crippen LogP contribution in [0.3, 0.4) is 0 Å². The molecule has 0 amide bonds. The van der Waals surface area contributed by atoms with Gasteiger partial charge in [-0.3, -0.25) is 0 Å². The molecule has 33 heavy (non-hydrogen) atoms. The fourth-order valence-electron chi connectivity index (χ4n) is 5.73. The monoisotopic (exact) mass is 469 g/mol. The van der Waals surface area contributed by atoms with E-state index in [1.54, 1.807) is 0 Å². The number of aliphatic hydroxyl groups is 2. The Hall–Kier alpha value is -1.84. The smallest absolute Gasteiger partial charge is 0.327 e. The SMILES string of the molecule is N#C[C@@H]1C[C@@H](O)C(c2cccc3c2CCCCC3O)C1Cc1cccc(CCOP(O)O)c1. The first-order valence-electron chi connectivity index (χ1n) is 11.7. The standard InChI is InChI=1S/C26H32NO5P/c27-16-19-15-25(29)26(22-9-4-8-21-20(22)7-1-2-10-24(21)28)23(19)14-18-6-3-5-17(13-18)11-12-32-33(30)31/h3-6,8-9,13,19,23-26,28-31H,1-2,7,10-12,14-15H2/t19-,23?,24?,25+,26?/m0/s1. The van der Waals surface area contributed by atoms with E-state index < -0.39 is 20.8 Å². The molecule has 0 aromatic heterocycles. The third-order valence-corrected chi connectivity index (χ3v) is 7.65. The van der Waals surface area contributed by atoms with Gasteiger partial charge >= 0.3 is 8.60 Å². The van der Waals surface area contributed by atoms with Gasteiger partial charge in [-0.25, -0.2) is 0 Å². The molecule has 0 spiro atoms. The lowest BCUT2D eigenvalue weighted by Crippen LogP contribution is -2.22. The Kier molecular flexibility index (Phi) is 8.14. The van der Waals surface area contributed by atoms with Crippen molar-refractivity contribution in [3.05, 3.63) is 70.3 Å². The highest BCUT2D eigenvalue weighted by Crippen LogP contribution is 2.48. The summed E-state index contributed by atoms with van der Waals surface area (Å²) in [5.74, 6) is -0.406. The Balaban J connectivity index is 1.61. The molecule has 4 N–H and O–H groups in total. The lowest BCUT2D eigenvalue weighted by molar-refractivity contribution is 0.152. The van der Waals surface area contributed by atoms with E-state index in [0.717, 1.165) is 53.5 Å². The number of hydrogen-bond acceptors (Lipinski definition) is 6. The Morgan fingerprint density at radius 1 is 1.03 bits per heavy atom. The summed E-state index contributed by atoms with van der Waals surface area (Å²) in [6.07, 6.45) is 4.30. The zero-order valence-electron chi connectivity index (χ0n) is 18.7. The Morgan fingerprint density at radius 3 is 2.58 bits per heavy atom. The van der Waals surface area contributed by atoms with Crippen molar-refractivity contribution in [1.82, 2.24) is 0 Å². The van der Waals surface area contributed by atoms with Gasteiger partial charge in [0.05, 0.1) is 30.8 Å². The van der Waals surface area contributed by atoms with Gasteiger partial charge in [-0.2, -0.15) is 5.26 Å². The molecule has 0 bridgehead atoms. The summed E-state index contributed by atoms with van der Waals surface area (Å²) in [5.41, 5.74) is 5.35. The molecule has 176 valence electrons. The van der Waals surface area contributed by atoms with Crippen LogP contribution in [0.25, 0.3) is 0 Å². The number of aliphatic hydroxyl groups excluding tert-OH is 2. The molecular formula is C26H32NO5P. The van der Waals surface area contributed by atoms with Gasteiger partial charge in [-0.1, -0.05) is 48.9 Å². The van der Waals surface area contributed by atoms with Gasteiger partial charge in [-0.05, 0) is 72.3 Å². The number of nitriles is 1. The van der Waals surface area contributed by atoms with Crippen LogP contribution in [0.5, 0.6) is 0 Å². The fourth-order valence-corrected chi connectivity index (χ4v) is 5.99. The largest absolute Gasteiger partial charge is 0.392 e.